The van der Waals surface area contributed by atoms with E-state index in [0.717, 1.165) is 24.4 Å². The number of rotatable bonds is 7. The molecule has 0 radical (unpaired) electrons. The molecule has 1 atom stereocenters. The molecular formula is C15H24ClNO. The van der Waals surface area contributed by atoms with Gasteiger partial charge in [-0.15, -0.1) is 0 Å². The van der Waals surface area contributed by atoms with Crippen molar-refractivity contribution >= 4 is 11.6 Å². The minimum atomic E-state index is 0.000680. The summed E-state index contributed by atoms with van der Waals surface area (Å²) in [6, 6.07) is 8.17. The van der Waals surface area contributed by atoms with Crippen LogP contribution in [0.2, 0.25) is 5.02 Å². The molecule has 0 spiro atoms. The molecule has 0 bridgehead atoms. The summed E-state index contributed by atoms with van der Waals surface area (Å²) in [5.74, 6) is 0. The highest BCUT2D eigenvalue weighted by molar-refractivity contribution is 6.30. The molecule has 0 amide bonds. The molecule has 0 heterocycles. The Morgan fingerprint density at radius 3 is 2.22 bits per heavy atom. The van der Waals surface area contributed by atoms with E-state index in [0.29, 0.717) is 0 Å². The fraction of sp³-hybridized carbons (Fsp3) is 0.600. The number of hydrogen-bond donors (Lipinski definition) is 2. The molecule has 1 aromatic carbocycles. The predicted octanol–water partition coefficient (Wildman–Crippen LogP) is 3.79. The van der Waals surface area contributed by atoms with Gasteiger partial charge in [0.1, 0.15) is 0 Å². The average molecular weight is 270 g/mol. The van der Waals surface area contributed by atoms with Crippen molar-refractivity contribution in [3.05, 3.63) is 34.9 Å². The van der Waals surface area contributed by atoms with Gasteiger partial charge in [-0.25, -0.2) is 0 Å². The molecule has 102 valence electrons. The number of nitrogens with one attached hydrogen (secondary N) is 1. The number of benzene rings is 1. The molecule has 0 aromatic heterocycles. The van der Waals surface area contributed by atoms with Crippen molar-refractivity contribution in [1.29, 1.82) is 0 Å². The third kappa shape index (κ3) is 3.98. The van der Waals surface area contributed by atoms with Gasteiger partial charge in [-0.3, -0.25) is 0 Å². The van der Waals surface area contributed by atoms with Crippen molar-refractivity contribution in [2.75, 3.05) is 13.2 Å². The number of aliphatic hydroxyl groups excluding tert-OH is 1. The van der Waals surface area contributed by atoms with E-state index < -0.39 is 0 Å². The van der Waals surface area contributed by atoms with Gasteiger partial charge in [0.05, 0.1) is 0 Å². The van der Waals surface area contributed by atoms with Crippen LogP contribution in [0.25, 0.3) is 0 Å². The maximum atomic E-state index is 9.54. The molecule has 1 rings (SSSR count). The second kappa shape index (κ2) is 7.13. The van der Waals surface area contributed by atoms with Crippen molar-refractivity contribution in [2.45, 2.75) is 39.7 Å². The van der Waals surface area contributed by atoms with Crippen LogP contribution in [0.1, 0.15) is 45.2 Å². The summed E-state index contributed by atoms with van der Waals surface area (Å²) in [5.41, 5.74) is 1.22. The first kappa shape index (κ1) is 15.5. The van der Waals surface area contributed by atoms with Crippen LogP contribution in [-0.2, 0) is 0 Å². The average Bonchev–Trinajstić information content (AvgIpc) is 2.41. The van der Waals surface area contributed by atoms with Gasteiger partial charge in [-0.2, -0.15) is 0 Å². The van der Waals surface area contributed by atoms with Crippen LogP contribution in [-0.4, -0.2) is 18.3 Å². The Balaban J connectivity index is 2.59. The van der Waals surface area contributed by atoms with Crippen LogP contribution in [0.3, 0.4) is 0 Å². The Hall–Kier alpha value is -0.570. The van der Waals surface area contributed by atoms with Crippen molar-refractivity contribution in [3.63, 3.8) is 0 Å². The Kier molecular flexibility index (Phi) is 6.13. The zero-order valence-corrected chi connectivity index (χ0v) is 12.3. The third-order valence-corrected chi connectivity index (χ3v) is 4.24. The van der Waals surface area contributed by atoms with E-state index in [9.17, 15) is 5.11 Å². The quantitative estimate of drug-likeness (QED) is 0.789. The van der Waals surface area contributed by atoms with Gasteiger partial charge in [0, 0.05) is 29.6 Å². The zero-order chi connectivity index (χ0) is 13.6. The van der Waals surface area contributed by atoms with Crippen LogP contribution in [0.4, 0.5) is 0 Å². The largest absolute Gasteiger partial charge is 0.396 e. The first-order chi connectivity index (χ1) is 8.56. The number of halogens is 1. The highest BCUT2D eigenvalue weighted by atomic mass is 35.5. The molecule has 0 aliphatic carbocycles. The van der Waals surface area contributed by atoms with E-state index >= 15 is 0 Å². The van der Waals surface area contributed by atoms with Gasteiger partial charge in [-0.1, -0.05) is 37.6 Å². The summed E-state index contributed by atoms with van der Waals surface area (Å²) in [6.45, 7) is 7.47. The number of aliphatic hydroxyl groups is 1. The maximum Gasteiger partial charge on any atom is 0.0499 e. The second-order valence-corrected chi connectivity index (χ2v) is 5.46. The van der Waals surface area contributed by atoms with Crippen LogP contribution < -0.4 is 5.32 Å². The van der Waals surface area contributed by atoms with Gasteiger partial charge in [-0.05, 0) is 37.5 Å². The van der Waals surface area contributed by atoms with Crippen molar-refractivity contribution in [2.24, 2.45) is 5.41 Å². The molecule has 0 aliphatic heterocycles. The minimum absolute atomic E-state index is 0.000680. The lowest BCUT2D eigenvalue weighted by molar-refractivity contribution is 0.110. The molecule has 0 saturated heterocycles. The van der Waals surface area contributed by atoms with Crippen molar-refractivity contribution in [1.82, 2.24) is 5.32 Å². The summed E-state index contributed by atoms with van der Waals surface area (Å²) in [6.07, 6.45) is 1.97. The van der Waals surface area contributed by atoms with Crippen molar-refractivity contribution < 1.29 is 5.11 Å². The van der Waals surface area contributed by atoms with E-state index in [4.69, 9.17) is 11.6 Å². The van der Waals surface area contributed by atoms with E-state index in [2.05, 4.69) is 26.1 Å². The molecule has 2 N–H and O–H groups in total. The first-order valence-electron chi connectivity index (χ1n) is 6.66. The second-order valence-electron chi connectivity index (χ2n) is 5.02. The molecule has 1 aromatic rings. The highest BCUT2D eigenvalue weighted by Gasteiger charge is 2.25. The molecule has 18 heavy (non-hydrogen) atoms. The normalized spacial score (nSPS) is 13.6. The van der Waals surface area contributed by atoms with Gasteiger partial charge >= 0.3 is 0 Å². The van der Waals surface area contributed by atoms with Gasteiger partial charge in [0.2, 0.25) is 0 Å². The predicted molar refractivity (Wildman–Crippen MR) is 78.0 cm³/mol. The van der Waals surface area contributed by atoms with Crippen molar-refractivity contribution in [3.8, 4) is 0 Å². The molecule has 2 nitrogen and oxygen atoms in total. The van der Waals surface area contributed by atoms with Gasteiger partial charge in [0.25, 0.3) is 0 Å². The Bertz CT molecular complexity index is 338. The molecule has 0 aliphatic rings. The standard InChI is InChI=1S/C15H24ClNO/c1-4-15(5-2,11-18)10-17-12(3)13-6-8-14(16)9-7-13/h6-9,12,17-18H,4-5,10-11H2,1-3H3/t12-/m1/s1. The van der Waals surface area contributed by atoms with Crippen LogP contribution >= 0.6 is 11.6 Å². The van der Waals surface area contributed by atoms with Crippen LogP contribution in [0, 0.1) is 5.41 Å². The summed E-state index contributed by atoms with van der Waals surface area (Å²) in [7, 11) is 0. The highest BCUT2D eigenvalue weighted by Crippen LogP contribution is 2.26. The fourth-order valence-corrected chi connectivity index (χ4v) is 2.14. The number of hydrogen-bond acceptors (Lipinski definition) is 2. The van der Waals surface area contributed by atoms with Crippen LogP contribution in [0.15, 0.2) is 24.3 Å². The molecule has 3 heteroatoms. The first-order valence-corrected chi connectivity index (χ1v) is 7.04. The Labute approximate surface area is 115 Å². The van der Waals surface area contributed by atoms with E-state index in [-0.39, 0.29) is 18.1 Å². The summed E-state index contributed by atoms with van der Waals surface area (Å²) in [5, 5.41) is 13.8. The lowest BCUT2D eigenvalue weighted by Gasteiger charge is -2.31. The molecule has 0 fully saturated rings. The third-order valence-electron chi connectivity index (χ3n) is 3.99. The Morgan fingerprint density at radius 1 is 1.22 bits per heavy atom. The topological polar surface area (TPSA) is 32.3 Å². The fourth-order valence-electron chi connectivity index (χ4n) is 2.02. The molecule has 0 unspecified atom stereocenters. The monoisotopic (exact) mass is 269 g/mol. The summed E-state index contributed by atoms with van der Waals surface area (Å²) >= 11 is 5.88. The minimum Gasteiger partial charge on any atom is -0.396 e. The summed E-state index contributed by atoms with van der Waals surface area (Å²) in [4.78, 5) is 0. The SMILES string of the molecule is CCC(CC)(CO)CN[C@H](C)c1ccc(Cl)cc1. The summed E-state index contributed by atoms with van der Waals surface area (Å²) < 4.78 is 0. The molecular weight excluding hydrogens is 246 g/mol. The maximum absolute atomic E-state index is 9.54. The smallest absolute Gasteiger partial charge is 0.0499 e. The van der Waals surface area contributed by atoms with E-state index in [1.54, 1.807) is 0 Å². The van der Waals surface area contributed by atoms with Gasteiger partial charge < -0.3 is 10.4 Å². The Morgan fingerprint density at radius 2 is 1.78 bits per heavy atom. The lowest BCUT2D eigenvalue weighted by Crippen LogP contribution is -2.37. The van der Waals surface area contributed by atoms with E-state index in [1.807, 2.05) is 24.3 Å². The van der Waals surface area contributed by atoms with Gasteiger partial charge in [0.15, 0.2) is 0 Å². The molecule has 0 saturated carbocycles. The van der Waals surface area contributed by atoms with Crippen LogP contribution in [0.5, 0.6) is 0 Å². The lowest BCUT2D eigenvalue weighted by atomic mass is 9.83. The zero-order valence-electron chi connectivity index (χ0n) is 11.5. The van der Waals surface area contributed by atoms with E-state index in [1.165, 1.54) is 5.56 Å².